The number of hydrogen-bond acceptors (Lipinski definition) is 5. The topological polar surface area (TPSA) is 95.9 Å². The fraction of sp³-hybridized carbons (Fsp3) is 0.500. The van der Waals surface area contributed by atoms with Crippen LogP contribution in [0.2, 0.25) is 0 Å². The Kier molecular flexibility index (Phi) is 10.5. The van der Waals surface area contributed by atoms with Gasteiger partial charge in [-0.3, -0.25) is 9.11 Å². The van der Waals surface area contributed by atoms with Gasteiger partial charge < -0.3 is 10.1 Å². The Balaban J connectivity index is 0.000000621. The summed E-state index contributed by atoms with van der Waals surface area (Å²) in [7, 11) is -4.67. The van der Waals surface area contributed by atoms with Crippen molar-refractivity contribution >= 4 is 23.0 Å². The molecule has 0 radical (unpaired) electrons. The average Bonchev–Trinajstić information content (AvgIpc) is 2.33. The van der Waals surface area contributed by atoms with E-state index in [0.29, 0.717) is 0 Å². The molecule has 0 aliphatic heterocycles. The first kappa shape index (κ1) is 19.2. The van der Waals surface area contributed by atoms with Crippen molar-refractivity contribution in [1.29, 1.82) is 0 Å². The second-order valence-electron chi connectivity index (χ2n) is 3.89. The third-order valence-electron chi connectivity index (χ3n) is 2.14. The van der Waals surface area contributed by atoms with Gasteiger partial charge in [-0.15, -0.1) is 0 Å². The van der Waals surface area contributed by atoms with Crippen LogP contribution in [-0.2, 0) is 10.4 Å². The maximum absolute atomic E-state index is 8.74. The smallest absolute Gasteiger partial charge is 0.394 e. The summed E-state index contributed by atoms with van der Waals surface area (Å²) in [6.07, 6.45) is 1.03. The first-order valence-electron chi connectivity index (χ1n) is 6.04. The zero-order chi connectivity index (χ0) is 15.4. The Bertz CT molecular complexity index is 457. The third kappa shape index (κ3) is 13.6. The van der Waals surface area contributed by atoms with E-state index >= 15 is 0 Å². The number of nitrogens with one attached hydrogen (secondary N) is 1. The SMILES string of the molecule is Cc1ccccc1OCCCNCCS.O=S(=O)(O)O. The van der Waals surface area contributed by atoms with Gasteiger partial charge in [-0.1, -0.05) is 18.2 Å². The lowest BCUT2D eigenvalue weighted by Crippen LogP contribution is -2.19. The lowest BCUT2D eigenvalue weighted by atomic mass is 10.2. The van der Waals surface area contributed by atoms with Crippen LogP contribution in [-0.4, -0.2) is 43.0 Å². The summed E-state index contributed by atoms with van der Waals surface area (Å²) in [5.74, 6) is 1.88. The fourth-order valence-corrected chi connectivity index (χ4v) is 1.46. The monoisotopic (exact) mass is 323 g/mol. The molecule has 20 heavy (non-hydrogen) atoms. The van der Waals surface area contributed by atoms with Crippen LogP contribution in [0.5, 0.6) is 5.75 Å². The number of benzene rings is 1. The van der Waals surface area contributed by atoms with Crippen molar-refractivity contribution in [3.8, 4) is 5.75 Å². The highest BCUT2D eigenvalue weighted by molar-refractivity contribution is 7.80. The summed E-state index contributed by atoms with van der Waals surface area (Å²) in [6.45, 7) is 4.79. The summed E-state index contributed by atoms with van der Waals surface area (Å²) >= 11 is 4.12. The first-order valence-corrected chi connectivity index (χ1v) is 8.07. The molecule has 1 aromatic carbocycles. The quantitative estimate of drug-likeness (QED) is 0.346. The molecule has 1 rings (SSSR count). The molecule has 0 amide bonds. The molecule has 0 atom stereocenters. The van der Waals surface area contributed by atoms with Crippen molar-refractivity contribution in [2.45, 2.75) is 13.3 Å². The Morgan fingerprint density at radius 1 is 1.25 bits per heavy atom. The molecule has 3 N–H and O–H groups in total. The lowest BCUT2D eigenvalue weighted by Gasteiger charge is -2.08. The number of rotatable bonds is 7. The maximum Gasteiger partial charge on any atom is 0.394 e. The number of aryl methyl sites for hydroxylation is 1. The van der Waals surface area contributed by atoms with Gasteiger partial charge in [-0.2, -0.15) is 21.0 Å². The number of hydrogen-bond donors (Lipinski definition) is 4. The standard InChI is InChI=1S/C12H19NOS.H2O4S/c1-11-5-2-3-6-12(11)14-9-4-7-13-8-10-15;1-5(2,3)4/h2-3,5-6,13,15H,4,7-10H2,1H3;(H2,1,2,3,4). The van der Waals surface area contributed by atoms with Gasteiger partial charge in [0.15, 0.2) is 0 Å². The zero-order valence-electron chi connectivity index (χ0n) is 11.3. The summed E-state index contributed by atoms with van der Waals surface area (Å²) in [5.41, 5.74) is 1.20. The maximum atomic E-state index is 8.74. The Morgan fingerprint density at radius 3 is 2.40 bits per heavy atom. The molecule has 0 bridgehead atoms. The van der Waals surface area contributed by atoms with Crippen molar-refractivity contribution in [1.82, 2.24) is 5.32 Å². The average molecular weight is 323 g/mol. The molecule has 8 heteroatoms. The second-order valence-corrected chi connectivity index (χ2v) is 5.23. The molecule has 1 aromatic rings. The Hall–Kier alpha value is -0.800. The molecule has 0 heterocycles. The first-order chi connectivity index (χ1) is 9.34. The molecule has 0 unspecified atom stereocenters. The predicted molar refractivity (Wildman–Crippen MR) is 82.2 cm³/mol. The predicted octanol–water partition coefficient (Wildman–Crippen LogP) is 1.63. The van der Waals surface area contributed by atoms with Crippen molar-refractivity contribution in [3.05, 3.63) is 29.8 Å². The van der Waals surface area contributed by atoms with E-state index < -0.39 is 10.4 Å². The van der Waals surface area contributed by atoms with Gasteiger partial charge in [0.2, 0.25) is 0 Å². The molecule has 0 aliphatic rings. The fourth-order valence-electron chi connectivity index (χ4n) is 1.30. The zero-order valence-corrected chi connectivity index (χ0v) is 13.0. The van der Waals surface area contributed by atoms with Crippen LogP contribution < -0.4 is 10.1 Å². The van der Waals surface area contributed by atoms with Crippen LogP contribution in [0.1, 0.15) is 12.0 Å². The molecule has 0 saturated carbocycles. The summed E-state index contributed by atoms with van der Waals surface area (Å²) < 4.78 is 37.2. The third-order valence-corrected chi connectivity index (χ3v) is 2.36. The van der Waals surface area contributed by atoms with E-state index in [1.807, 2.05) is 18.2 Å². The van der Waals surface area contributed by atoms with Crippen LogP contribution in [0.25, 0.3) is 0 Å². The number of ether oxygens (including phenoxy) is 1. The van der Waals surface area contributed by atoms with Gasteiger partial charge >= 0.3 is 10.4 Å². The second kappa shape index (κ2) is 10.9. The van der Waals surface area contributed by atoms with Gasteiger partial charge in [0.25, 0.3) is 0 Å². The van der Waals surface area contributed by atoms with E-state index in [4.69, 9.17) is 22.3 Å². The van der Waals surface area contributed by atoms with E-state index in [0.717, 1.165) is 37.6 Å². The molecule has 0 aromatic heterocycles. The van der Waals surface area contributed by atoms with Crippen molar-refractivity contribution in [2.24, 2.45) is 0 Å². The van der Waals surface area contributed by atoms with Crippen molar-refractivity contribution in [3.63, 3.8) is 0 Å². The van der Waals surface area contributed by atoms with Gasteiger partial charge in [0.1, 0.15) is 5.75 Å². The summed E-state index contributed by atoms with van der Waals surface area (Å²) in [6, 6.07) is 8.10. The molecule has 0 fully saturated rings. The van der Waals surface area contributed by atoms with Crippen LogP contribution in [0.3, 0.4) is 0 Å². The number of thiol groups is 1. The molecular formula is C12H21NO5S2. The van der Waals surface area contributed by atoms with E-state index in [2.05, 4.69) is 30.9 Å². The van der Waals surface area contributed by atoms with Crippen LogP contribution in [0.4, 0.5) is 0 Å². The molecular weight excluding hydrogens is 302 g/mol. The van der Waals surface area contributed by atoms with Gasteiger partial charge in [-0.05, 0) is 31.5 Å². The Labute approximate surface area is 125 Å². The normalized spacial score (nSPS) is 10.6. The van der Waals surface area contributed by atoms with Crippen molar-refractivity contribution in [2.75, 3.05) is 25.4 Å². The van der Waals surface area contributed by atoms with Crippen LogP contribution >= 0.6 is 12.6 Å². The van der Waals surface area contributed by atoms with E-state index in [9.17, 15) is 0 Å². The number of para-hydroxylation sites is 1. The highest BCUT2D eigenvalue weighted by Crippen LogP contribution is 2.15. The molecule has 116 valence electrons. The van der Waals surface area contributed by atoms with Crippen molar-refractivity contribution < 1.29 is 22.3 Å². The lowest BCUT2D eigenvalue weighted by molar-refractivity contribution is 0.307. The summed E-state index contributed by atoms with van der Waals surface area (Å²) in [5, 5.41) is 3.28. The molecule has 0 spiro atoms. The Morgan fingerprint density at radius 2 is 1.85 bits per heavy atom. The molecule has 0 saturated heterocycles. The van der Waals surface area contributed by atoms with Gasteiger partial charge in [0, 0.05) is 12.3 Å². The van der Waals surface area contributed by atoms with Gasteiger partial charge in [-0.25, -0.2) is 0 Å². The molecule has 6 nitrogen and oxygen atoms in total. The van der Waals surface area contributed by atoms with Gasteiger partial charge in [0.05, 0.1) is 6.61 Å². The highest BCUT2D eigenvalue weighted by atomic mass is 32.3. The molecule has 0 aliphatic carbocycles. The minimum atomic E-state index is -4.67. The van der Waals surface area contributed by atoms with E-state index in [-0.39, 0.29) is 0 Å². The highest BCUT2D eigenvalue weighted by Gasteiger charge is 1.96. The van der Waals surface area contributed by atoms with E-state index in [1.54, 1.807) is 0 Å². The van der Waals surface area contributed by atoms with Crippen LogP contribution in [0.15, 0.2) is 24.3 Å². The largest absolute Gasteiger partial charge is 0.493 e. The van der Waals surface area contributed by atoms with E-state index in [1.165, 1.54) is 5.56 Å². The minimum absolute atomic E-state index is 0.768. The summed E-state index contributed by atoms with van der Waals surface area (Å²) in [4.78, 5) is 0. The minimum Gasteiger partial charge on any atom is -0.493 e. The van der Waals surface area contributed by atoms with Crippen LogP contribution in [0, 0.1) is 6.92 Å².